The fourth-order valence-electron chi connectivity index (χ4n) is 2.45. The van der Waals surface area contributed by atoms with E-state index in [9.17, 15) is 41.0 Å². The van der Waals surface area contributed by atoms with Crippen LogP contribution in [0.25, 0.3) is 10.4 Å². The number of aldehydes is 1. The highest BCUT2D eigenvalue weighted by atomic mass is 32.1. The summed E-state index contributed by atoms with van der Waals surface area (Å²) in [5, 5.41) is 14.0. The minimum absolute atomic E-state index is 0.177. The highest BCUT2D eigenvalue weighted by molar-refractivity contribution is 7.17. The van der Waals surface area contributed by atoms with Gasteiger partial charge in [-0.05, 0) is 33.8 Å². The van der Waals surface area contributed by atoms with E-state index < -0.39 is 58.5 Å². The van der Waals surface area contributed by atoms with E-state index in [1.54, 1.807) is 0 Å². The molecule has 14 heteroatoms. The van der Waals surface area contributed by atoms with Crippen LogP contribution in [0.2, 0.25) is 0 Å². The first-order valence-corrected chi connectivity index (χ1v) is 10.5. The standard InChI is InChI=1S/C20H22F6N4O3S/c1-17(2,20(24,25)26)8-28-13-5-11(19(21,22)23)10(6-27-13)14-12(7-31)30-16(34-14)15(32)29-9-18(3,4)33/h5-7,33H,8-9H2,1-4H3,(H,27,28)(H,29,32). The van der Waals surface area contributed by atoms with Crippen LogP contribution in [-0.2, 0) is 6.18 Å². The van der Waals surface area contributed by atoms with Gasteiger partial charge < -0.3 is 15.7 Å². The molecule has 7 nitrogen and oxygen atoms in total. The average Bonchev–Trinajstić information content (AvgIpc) is 3.12. The van der Waals surface area contributed by atoms with Crippen LogP contribution in [0.5, 0.6) is 0 Å². The van der Waals surface area contributed by atoms with Gasteiger partial charge in [-0.3, -0.25) is 9.59 Å². The maximum absolute atomic E-state index is 13.8. The second-order valence-corrected chi connectivity index (χ2v) is 9.69. The first-order valence-electron chi connectivity index (χ1n) is 9.70. The molecule has 0 atom stereocenters. The molecule has 0 spiro atoms. The van der Waals surface area contributed by atoms with Gasteiger partial charge in [-0.2, -0.15) is 26.3 Å². The first kappa shape index (κ1) is 27.5. The number of halogens is 6. The average molecular weight is 512 g/mol. The Kier molecular flexibility index (Phi) is 7.67. The summed E-state index contributed by atoms with van der Waals surface area (Å²) in [6.07, 6.45) is -8.63. The van der Waals surface area contributed by atoms with Crippen LogP contribution in [0.15, 0.2) is 12.3 Å². The molecule has 0 unspecified atom stereocenters. The monoisotopic (exact) mass is 512 g/mol. The van der Waals surface area contributed by atoms with Gasteiger partial charge in [-0.1, -0.05) is 0 Å². The van der Waals surface area contributed by atoms with Crippen molar-refractivity contribution in [3.8, 4) is 10.4 Å². The van der Waals surface area contributed by atoms with Crippen molar-refractivity contribution in [2.24, 2.45) is 5.41 Å². The summed E-state index contributed by atoms with van der Waals surface area (Å²) in [5.41, 5.74) is -5.77. The predicted octanol–water partition coefficient (Wildman–Crippen LogP) is 4.54. The molecule has 188 valence electrons. The summed E-state index contributed by atoms with van der Waals surface area (Å²) in [5.74, 6) is -1.26. The zero-order chi connectivity index (χ0) is 26.1. The lowest BCUT2D eigenvalue weighted by Gasteiger charge is -2.28. The van der Waals surface area contributed by atoms with Crippen LogP contribution >= 0.6 is 11.3 Å². The number of hydrogen-bond acceptors (Lipinski definition) is 7. The summed E-state index contributed by atoms with van der Waals surface area (Å²) in [6, 6.07) is 0.532. The Bertz CT molecular complexity index is 1060. The summed E-state index contributed by atoms with van der Waals surface area (Å²) < 4.78 is 80.5. The van der Waals surface area contributed by atoms with Crippen LogP contribution in [0.3, 0.4) is 0 Å². The van der Waals surface area contributed by atoms with Crippen LogP contribution in [0, 0.1) is 5.41 Å². The lowest BCUT2D eigenvalue weighted by atomic mass is 9.93. The van der Waals surface area contributed by atoms with Gasteiger partial charge in [-0.15, -0.1) is 11.3 Å². The molecule has 0 saturated carbocycles. The van der Waals surface area contributed by atoms with Crippen LogP contribution in [-0.4, -0.2) is 52.1 Å². The van der Waals surface area contributed by atoms with E-state index in [0.29, 0.717) is 17.4 Å². The van der Waals surface area contributed by atoms with Crippen molar-refractivity contribution in [2.75, 3.05) is 18.4 Å². The molecule has 0 fully saturated rings. The van der Waals surface area contributed by atoms with Crippen molar-refractivity contribution in [3.05, 3.63) is 28.5 Å². The Balaban J connectivity index is 2.44. The lowest BCUT2D eigenvalue weighted by molar-refractivity contribution is -0.206. The lowest BCUT2D eigenvalue weighted by Crippen LogP contribution is -2.38. The number of alkyl halides is 6. The second-order valence-electron chi connectivity index (χ2n) is 8.69. The molecule has 0 aromatic carbocycles. The molecule has 34 heavy (non-hydrogen) atoms. The molecule has 2 aromatic rings. The molecule has 1 amide bonds. The number of anilines is 1. The Morgan fingerprint density at radius 3 is 2.24 bits per heavy atom. The maximum atomic E-state index is 13.8. The molecule has 0 aliphatic rings. The third kappa shape index (κ3) is 6.65. The fraction of sp³-hybridized carbons (Fsp3) is 0.500. The third-order valence-electron chi connectivity index (χ3n) is 4.57. The van der Waals surface area contributed by atoms with Gasteiger partial charge in [0.1, 0.15) is 11.5 Å². The van der Waals surface area contributed by atoms with E-state index in [1.807, 2.05) is 0 Å². The number of thiazole rings is 1. The van der Waals surface area contributed by atoms with E-state index in [4.69, 9.17) is 0 Å². The molecule has 0 bridgehead atoms. The van der Waals surface area contributed by atoms with Gasteiger partial charge in [0.25, 0.3) is 5.91 Å². The van der Waals surface area contributed by atoms with Crippen molar-refractivity contribution in [2.45, 2.75) is 45.6 Å². The predicted molar refractivity (Wildman–Crippen MR) is 113 cm³/mol. The molecule has 0 aliphatic heterocycles. The smallest absolute Gasteiger partial charge is 0.389 e. The zero-order valence-electron chi connectivity index (χ0n) is 18.5. The Labute approximate surface area is 194 Å². The molecule has 3 N–H and O–H groups in total. The summed E-state index contributed by atoms with van der Waals surface area (Å²) in [7, 11) is 0. The van der Waals surface area contributed by atoms with Gasteiger partial charge in [0.2, 0.25) is 0 Å². The third-order valence-corrected chi connectivity index (χ3v) is 5.68. The molecule has 2 heterocycles. The van der Waals surface area contributed by atoms with Crippen LogP contribution in [0.4, 0.5) is 32.2 Å². The van der Waals surface area contributed by atoms with Crippen molar-refractivity contribution in [1.82, 2.24) is 15.3 Å². The largest absolute Gasteiger partial charge is 0.417 e. The molecular formula is C20H22F6N4O3S. The van der Waals surface area contributed by atoms with Crippen molar-refractivity contribution >= 4 is 29.3 Å². The van der Waals surface area contributed by atoms with Crippen molar-refractivity contribution < 1.29 is 41.0 Å². The molecule has 2 rings (SSSR count). The number of nitrogens with zero attached hydrogens (tertiary/aromatic N) is 2. The molecule has 0 radical (unpaired) electrons. The van der Waals surface area contributed by atoms with Gasteiger partial charge in [0, 0.05) is 24.8 Å². The van der Waals surface area contributed by atoms with E-state index in [0.717, 1.165) is 20.0 Å². The van der Waals surface area contributed by atoms with Crippen molar-refractivity contribution in [3.63, 3.8) is 0 Å². The molecular weight excluding hydrogens is 490 g/mol. The number of aromatic nitrogens is 2. The summed E-state index contributed by atoms with van der Waals surface area (Å²) in [4.78, 5) is 31.0. The minimum atomic E-state index is -4.96. The number of pyridine rings is 1. The minimum Gasteiger partial charge on any atom is -0.389 e. The number of amides is 1. The van der Waals surface area contributed by atoms with E-state index in [1.165, 1.54) is 13.8 Å². The normalized spacial score (nSPS) is 13.0. The maximum Gasteiger partial charge on any atom is 0.417 e. The highest BCUT2D eigenvalue weighted by Crippen LogP contribution is 2.42. The summed E-state index contributed by atoms with van der Waals surface area (Å²) in [6.45, 7) is 3.70. The van der Waals surface area contributed by atoms with Gasteiger partial charge in [0.05, 0.1) is 21.5 Å². The second kappa shape index (κ2) is 9.49. The number of rotatable bonds is 8. The fourth-order valence-corrected chi connectivity index (χ4v) is 3.43. The zero-order valence-corrected chi connectivity index (χ0v) is 19.3. The molecule has 0 aliphatic carbocycles. The number of nitrogens with one attached hydrogen (secondary N) is 2. The van der Waals surface area contributed by atoms with Crippen LogP contribution < -0.4 is 10.6 Å². The van der Waals surface area contributed by atoms with Gasteiger partial charge in [0.15, 0.2) is 11.3 Å². The van der Waals surface area contributed by atoms with E-state index in [2.05, 4.69) is 20.6 Å². The van der Waals surface area contributed by atoms with Crippen molar-refractivity contribution in [1.29, 1.82) is 0 Å². The van der Waals surface area contributed by atoms with Gasteiger partial charge >= 0.3 is 12.4 Å². The quantitative estimate of drug-likeness (QED) is 0.355. The molecule has 0 saturated heterocycles. The molecule has 2 aromatic heterocycles. The number of carbonyl (C=O) groups excluding carboxylic acids is 2. The van der Waals surface area contributed by atoms with E-state index >= 15 is 0 Å². The van der Waals surface area contributed by atoms with Crippen LogP contribution in [0.1, 0.15) is 53.5 Å². The topological polar surface area (TPSA) is 104 Å². The first-order chi connectivity index (χ1) is 15.4. The Morgan fingerprint density at radius 2 is 1.74 bits per heavy atom. The highest BCUT2D eigenvalue weighted by Gasteiger charge is 2.47. The Hall–Kier alpha value is -2.74. The summed E-state index contributed by atoms with van der Waals surface area (Å²) >= 11 is 0.508. The SMILES string of the molecule is CC(C)(O)CNC(=O)c1nc(C=O)c(-c2cnc(NCC(C)(C)C(F)(F)F)cc2C(F)(F)F)s1. The van der Waals surface area contributed by atoms with Gasteiger partial charge in [-0.25, -0.2) is 9.97 Å². The Morgan fingerprint density at radius 1 is 1.12 bits per heavy atom. The number of aliphatic hydroxyl groups is 1. The number of hydrogen-bond donors (Lipinski definition) is 3. The van der Waals surface area contributed by atoms with E-state index in [-0.39, 0.29) is 22.7 Å². The number of carbonyl (C=O) groups is 2.